The molecule has 0 saturated carbocycles. The van der Waals surface area contributed by atoms with Crippen LogP contribution in [0, 0.1) is 0 Å². The minimum atomic E-state index is -0.703. The van der Waals surface area contributed by atoms with E-state index in [0.717, 1.165) is 0 Å². The number of amides is 2. The molecular formula is C16H18N2O5. The first-order valence-electron chi connectivity index (χ1n) is 7.20. The molecule has 0 aromatic heterocycles. The van der Waals surface area contributed by atoms with Gasteiger partial charge in [-0.2, -0.15) is 0 Å². The maximum absolute atomic E-state index is 12.3. The molecule has 1 aromatic rings. The van der Waals surface area contributed by atoms with E-state index in [4.69, 9.17) is 4.74 Å². The molecule has 23 heavy (non-hydrogen) atoms. The van der Waals surface area contributed by atoms with Crippen LogP contribution in [0.15, 0.2) is 35.7 Å². The first kappa shape index (κ1) is 16.5. The summed E-state index contributed by atoms with van der Waals surface area (Å²) in [6.07, 6.45) is -0.0329. The highest BCUT2D eigenvalue weighted by Crippen LogP contribution is 2.37. The van der Waals surface area contributed by atoms with Crippen molar-refractivity contribution in [1.29, 1.82) is 0 Å². The molecule has 1 unspecified atom stereocenters. The Morgan fingerprint density at radius 1 is 1.39 bits per heavy atom. The Balaban J connectivity index is 2.56. The fourth-order valence-electron chi connectivity index (χ4n) is 2.49. The van der Waals surface area contributed by atoms with E-state index in [9.17, 15) is 19.5 Å². The number of nitrogens with one attached hydrogen (secondary N) is 2. The van der Waals surface area contributed by atoms with Crippen LogP contribution in [0.4, 0.5) is 0 Å². The van der Waals surface area contributed by atoms with E-state index in [-0.39, 0.29) is 36.1 Å². The molecule has 1 atom stereocenters. The maximum Gasteiger partial charge on any atom is 0.338 e. The second-order valence-corrected chi connectivity index (χ2v) is 5.05. The Kier molecular flexibility index (Phi) is 5.00. The molecule has 122 valence electrons. The Hall–Kier alpha value is -2.83. The summed E-state index contributed by atoms with van der Waals surface area (Å²) in [4.78, 5) is 35.6. The zero-order valence-electron chi connectivity index (χ0n) is 12.9. The lowest BCUT2D eigenvalue weighted by atomic mass is 9.85. The van der Waals surface area contributed by atoms with Gasteiger partial charge in [0.25, 0.3) is 0 Å². The summed E-state index contributed by atoms with van der Waals surface area (Å²) in [6.45, 7) is 3.08. The summed E-state index contributed by atoms with van der Waals surface area (Å²) >= 11 is 0. The first-order valence-corrected chi connectivity index (χ1v) is 7.20. The van der Waals surface area contributed by atoms with Gasteiger partial charge >= 0.3 is 5.97 Å². The maximum atomic E-state index is 12.3. The number of carbonyl (C=O) groups is 3. The smallest absolute Gasteiger partial charge is 0.338 e. The van der Waals surface area contributed by atoms with Crippen LogP contribution in [0.2, 0.25) is 0 Å². The van der Waals surface area contributed by atoms with Gasteiger partial charge in [-0.1, -0.05) is 18.2 Å². The lowest BCUT2D eigenvalue weighted by molar-refractivity contribution is -0.139. The highest BCUT2D eigenvalue weighted by molar-refractivity contribution is 5.97. The van der Waals surface area contributed by atoms with Crippen LogP contribution in [-0.2, 0) is 19.1 Å². The van der Waals surface area contributed by atoms with E-state index in [0.29, 0.717) is 5.56 Å². The molecule has 0 aliphatic carbocycles. The van der Waals surface area contributed by atoms with Crippen LogP contribution in [0.5, 0.6) is 5.75 Å². The number of ether oxygens (including phenoxy) is 1. The normalized spacial score (nSPS) is 17.5. The number of carbonyl (C=O) groups excluding carboxylic acids is 3. The quantitative estimate of drug-likeness (QED) is 0.716. The lowest BCUT2D eigenvalue weighted by Crippen LogP contribution is -2.42. The van der Waals surface area contributed by atoms with Crippen molar-refractivity contribution in [2.24, 2.45) is 0 Å². The topological polar surface area (TPSA) is 105 Å². The van der Waals surface area contributed by atoms with E-state index in [1.165, 1.54) is 13.0 Å². The molecule has 1 aliphatic heterocycles. The Morgan fingerprint density at radius 2 is 2.09 bits per heavy atom. The van der Waals surface area contributed by atoms with Gasteiger partial charge < -0.3 is 20.5 Å². The number of para-hydroxylation sites is 1. The standard InChI is InChI=1S/C16H18N2O5/c1-3-23-16(22)14-11(10-6-4-5-7-12(10)20)8-13(21)18-15(14)17-9(2)19/h4-7,11,20H,3,8H2,1-2H3,(H,17,19)(H,18,21). The average molecular weight is 318 g/mol. The molecule has 0 fully saturated rings. The number of benzene rings is 1. The Labute approximate surface area is 133 Å². The third kappa shape index (κ3) is 3.68. The largest absolute Gasteiger partial charge is 0.508 e. The predicted molar refractivity (Wildman–Crippen MR) is 81.1 cm³/mol. The third-order valence-corrected chi connectivity index (χ3v) is 3.38. The molecule has 7 heteroatoms. The van der Waals surface area contributed by atoms with Crippen LogP contribution in [0.3, 0.4) is 0 Å². The average Bonchev–Trinajstić information content (AvgIpc) is 2.46. The SMILES string of the molecule is CCOC(=O)C1=C(NC(C)=O)NC(=O)CC1c1ccccc1O. The third-order valence-electron chi connectivity index (χ3n) is 3.38. The van der Waals surface area contributed by atoms with Gasteiger partial charge in [-0.25, -0.2) is 4.79 Å². The summed E-state index contributed by atoms with van der Waals surface area (Å²) in [5, 5.41) is 15.0. The number of hydrogen-bond donors (Lipinski definition) is 3. The molecule has 0 bridgehead atoms. The minimum Gasteiger partial charge on any atom is -0.508 e. The van der Waals surface area contributed by atoms with Gasteiger partial charge in [0.15, 0.2) is 0 Å². The molecule has 0 saturated heterocycles. The number of esters is 1. The van der Waals surface area contributed by atoms with Crippen molar-refractivity contribution in [3.63, 3.8) is 0 Å². The minimum absolute atomic E-state index is 0.000420. The van der Waals surface area contributed by atoms with Crippen LogP contribution >= 0.6 is 0 Å². The Morgan fingerprint density at radius 3 is 2.70 bits per heavy atom. The zero-order valence-corrected chi connectivity index (χ0v) is 12.9. The summed E-state index contributed by atoms with van der Waals surface area (Å²) in [6, 6.07) is 6.44. The summed E-state index contributed by atoms with van der Waals surface area (Å²) in [7, 11) is 0. The van der Waals surface area contributed by atoms with Crippen molar-refractivity contribution < 1.29 is 24.2 Å². The van der Waals surface area contributed by atoms with Crippen molar-refractivity contribution in [3.05, 3.63) is 41.2 Å². The highest BCUT2D eigenvalue weighted by Gasteiger charge is 2.35. The molecule has 2 rings (SSSR count). The number of phenols is 1. The summed E-state index contributed by atoms with van der Waals surface area (Å²) < 4.78 is 5.04. The summed E-state index contributed by atoms with van der Waals surface area (Å²) in [5.41, 5.74) is 0.538. The molecular weight excluding hydrogens is 300 g/mol. The molecule has 7 nitrogen and oxygen atoms in total. The van der Waals surface area contributed by atoms with Crippen molar-refractivity contribution >= 4 is 17.8 Å². The van der Waals surface area contributed by atoms with Gasteiger partial charge in [-0.15, -0.1) is 0 Å². The van der Waals surface area contributed by atoms with E-state index >= 15 is 0 Å². The van der Waals surface area contributed by atoms with Gasteiger partial charge in [0, 0.05) is 24.8 Å². The molecule has 0 spiro atoms. The first-order chi connectivity index (χ1) is 10.9. The summed E-state index contributed by atoms with van der Waals surface area (Å²) in [5.74, 6) is -2.18. The molecule has 0 radical (unpaired) electrons. The van der Waals surface area contributed by atoms with Crippen molar-refractivity contribution in [3.8, 4) is 5.75 Å². The molecule has 2 amide bonds. The van der Waals surface area contributed by atoms with Gasteiger partial charge in [0.1, 0.15) is 11.6 Å². The van der Waals surface area contributed by atoms with Crippen LogP contribution in [0.1, 0.15) is 31.7 Å². The Bertz CT molecular complexity index is 681. The van der Waals surface area contributed by atoms with Crippen molar-refractivity contribution in [2.75, 3.05) is 6.61 Å². The zero-order chi connectivity index (χ0) is 17.0. The highest BCUT2D eigenvalue weighted by atomic mass is 16.5. The molecule has 1 heterocycles. The van der Waals surface area contributed by atoms with Gasteiger partial charge in [0.2, 0.25) is 11.8 Å². The van der Waals surface area contributed by atoms with Gasteiger partial charge in [-0.3, -0.25) is 9.59 Å². The molecule has 3 N–H and O–H groups in total. The van der Waals surface area contributed by atoms with Crippen LogP contribution in [0.25, 0.3) is 0 Å². The fraction of sp³-hybridized carbons (Fsp3) is 0.312. The van der Waals surface area contributed by atoms with E-state index < -0.39 is 17.8 Å². The lowest BCUT2D eigenvalue weighted by Gasteiger charge is -2.28. The van der Waals surface area contributed by atoms with Crippen molar-refractivity contribution in [1.82, 2.24) is 10.6 Å². The van der Waals surface area contributed by atoms with E-state index in [1.807, 2.05) is 0 Å². The second kappa shape index (κ2) is 6.95. The molecule has 1 aromatic carbocycles. The van der Waals surface area contributed by atoms with Crippen LogP contribution in [-0.4, -0.2) is 29.5 Å². The van der Waals surface area contributed by atoms with E-state index in [1.54, 1.807) is 25.1 Å². The van der Waals surface area contributed by atoms with Crippen molar-refractivity contribution in [2.45, 2.75) is 26.2 Å². The monoisotopic (exact) mass is 318 g/mol. The second-order valence-electron chi connectivity index (χ2n) is 5.05. The van der Waals surface area contributed by atoms with Gasteiger partial charge in [0.05, 0.1) is 12.2 Å². The number of phenolic OH excluding ortho intramolecular Hbond substituents is 1. The number of aromatic hydroxyl groups is 1. The fourth-order valence-corrected chi connectivity index (χ4v) is 2.49. The number of rotatable bonds is 4. The number of hydrogen-bond acceptors (Lipinski definition) is 5. The van der Waals surface area contributed by atoms with E-state index in [2.05, 4.69) is 10.6 Å². The van der Waals surface area contributed by atoms with Crippen LogP contribution < -0.4 is 10.6 Å². The molecule has 1 aliphatic rings. The van der Waals surface area contributed by atoms with Gasteiger partial charge in [-0.05, 0) is 13.0 Å². The predicted octanol–water partition coefficient (Wildman–Crippen LogP) is 0.906.